The molecular formula is C15H19Cl2NO2. The number of rotatable bonds is 4. The molecule has 0 spiro atoms. The van der Waals surface area contributed by atoms with Gasteiger partial charge in [0.05, 0.1) is 10.6 Å². The molecule has 0 unspecified atom stereocenters. The molecular weight excluding hydrogens is 297 g/mol. The lowest BCUT2D eigenvalue weighted by atomic mass is 9.93. The maximum absolute atomic E-state index is 12.7. The number of nitrogens with zero attached hydrogens (tertiary/aromatic N) is 1. The number of carbonyl (C=O) groups excluding carboxylic acids is 1. The summed E-state index contributed by atoms with van der Waals surface area (Å²) in [6, 6.07) is 4.68. The second kappa shape index (κ2) is 7.19. The van der Waals surface area contributed by atoms with Crippen LogP contribution in [0, 0.1) is 0 Å². The Bertz CT molecular complexity index is 473. The van der Waals surface area contributed by atoms with Crippen molar-refractivity contribution in [2.75, 3.05) is 12.4 Å². The number of carbonyl (C=O) groups is 1. The molecule has 1 N–H and O–H groups in total. The molecule has 3 nitrogen and oxygen atoms in total. The van der Waals surface area contributed by atoms with Gasteiger partial charge >= 0.3 is 0 Å². The van der Waals surface area contributed by atoms with E-state index in [1.54, 1.807) is 6.07 Å². The molecule has 0 heterocycles. The van der Waals surface area contributed by atoms with Crippen LogP contribution in [0.3, 0.4) is 0 Å². The van der Waals surface area contributed by atoms with Crippen LogP contribution >= 0.6 is 23.2 Å². The minimum absolute atomic E-state index is 0.0483. The first-order chi connectivity index (χ1) is 9.63. The van der Waals surface area contributed by atoms with E-state index in [4.69, 9.17) is 23.2 Å². The van der Waals surface area contributed by atoms with Gasteiger partial charge in [0.1, 0.15) is 5.75 Å². The van der Waals surface area contributed by atoms with Crippen LogP contribution in [0.15, 0.2) is 18.2 Å². The number of benzene rings is 1. The minimum atomic E-state index is -0.140. The zero-order valence-corrected chi connectivity index (χ0v) is 12.8. The fraction of sp³-hybridized carbons (Fsp3) is 0.533. The predicted molar refractivity (Wildman–Crippen MR) is 81.7 cm³/mol. The first-order valence-corrected chi connectivity index (χ1v) is 7.90. The fourth-order valence-corrected chi connectivity index (χ4v) is 3.15. The van der Waals surface area contributed by atoms with Crippen LogP contribution in [-0.4, -0.2) is 34.4 Å². The zero-order chi connectivity index (χ0) is 14.5. The summed E-state index contributed by atoms with van der Waals surface area (Å²) >= 11 is 11.9. The Morgan fingerprint density at radius 2 is 2.00 bits per heavy atom. The third-order valence-electron chi connectivity index (χ3n) is 3.78. The lowest BCUT2D eigenvalue weighted by Gasteiger charge is -2.34. The standard InChI is InChI=1S/C15H19Cl2NO2/c16-8-9-18(11-4-2-1-3-5-11)15(20)13-10-12(19)6-7-14(13)17/h6-7,10-11,19H,1-5,8-9H2. The SMILES string of the molecule is O=C(c1cc(O)ccc1Cl)N(CCCl)C1CCCCC1. The van der Waals surface area contributed by atoms with Crippen LogP contribution in [0.5, 0.6) is 5.75 Å². The van der Waals surface area contributed by atoms with Crippen LogP contribution in [0.1, 0.15) is 42.5 Å². The number of phenols is 1. The fourth-order valence-electron chi connectivity index (χ4n) is 2.77. The van der Waals surface area contributed by atoms with Crippen molar-refractivity contribution in [1.29, 1.82) is 0 Å². The van der Waals surface area contributed by atoms with Crippen molar-refractivity contribution < 1.29 is 9.90 Å². The summed E-state index contributed by atoms with van der Waals surface area (Å²) in [6.07, 6.45) is 5.54. The number of hydrogen-bond acceptors (Lipinski definition) is 2. The topological polar surface area (TPSA) is 40.5 Å². The minimum Gasteiger partial charge on any atom is -0.508 e. The highest BCUT2D eigenvalue weighted by molar-refractivity contribution is 6.33. The molecule has 1 aliphatic rings. The van der Waals surface area contributed by atoms with Gasteiger partial charge in [-0.15, -0.1) is 11.6 Å². The summed E-state index contributed by atoms with van der Waals surface area (Å²) in [6.45, 7) is 0.511. The van der Waals surface area contributed by atoms with E-state index < -0.39 is 0 Å². The van der Waals surface area contributed by atoms with E-state index in [9.17, 15) is 9.90 Å². The average molecular weight is 316 g/mol. The Hall–Kier alpha value is -0.930. The van der Waals surface area contributed by atoms with E-state index in [2.05, 4.69) is 0 Å². The molecule has 0 atom stereocenters. The van der Waals surface area contributed by atoms with E-state index >= 15 is 0 Å². The molecule has 5 heteroatoms. The molecule has 1 fully saturated rings. The van der Waals surface area contributed by atoms with Gasteiger partial charge in [0, 0.05) is 18.5 Å². The number of alkyl halides is 1. The van der Waals surface area contributed by atoms with Gasteiger partial charge in [-0.25, -0.2) is 0 Å². The maximum Gasteiger partial charge on any atom is 0.255 e. The Balaban J connectivity index is 2.23. The molecule has 1 aromatic rings. The van der Waals surface area contributed by atoms with E-state index in [-0.39, 0.29) is 17.7 Å². The van der Waals surface area contributed by atoms with Gasteiger partial charge in [-0.3, -0.25) is 4.79 Å². The highest BCUT2D eigenvalue weighted by Crippen LogP contribution is 2.27. The van der Waals surface area contributed by atoms with E-state index in [0.29, 0.717) is 23.0 Å². The molecule has 0 aliphatic heterocycles. The molecule has 1 saturated carbocycles. The first kappa shape index (κ1) is 15.5. The molecule has 20 heavy (non-hydrogen) atoms. The summed E-state index contributed by atoms with van der Waals surface area (Å²) < 4.78 is 0. The van der Waals surface area contributed by atoms with Gasteiger partial charge in [-0.05, 0) is 31.0 Å². The quantitative estimate of drug-likeness (QED) is 0.851. The van der Waals surface area contributed by atoms with Crippen LogP contribution in [0.2, 0.25) is 5.02 Å². The zero-order valence-electron chi connectivity index (χ0n) is 11.3. The summed E-state index contributed by atoms with van der Waals surface area (Å²) in [4.78, 5) is 14.5. The van der Waals surface area contributed by atoms with E-state index in [1.807, 2.05) is 4.90 Å². The van der Waals surface area contributed by atoms with Crippen LogP contribution in [-0.2, 0) is 0 Å². The number of phenolic OH excluding ortho intramolecular Hbond substituents is 1. The summed E-state index contributed by atoms with van der Waals surface area (Å²) in [5, 5.41) is 9.92. The van der Waals surface area contributed by atoms with Crippen molar-refractivity contribution in [3.63, 3.8) is 0 Å². The molecule has 0 bridgehead atoms. The van der Waals surface area contributed by atoms with E-state index in [0.717, 1.165) is 25.7 Å². The van der Waals surface area contributed by atoms with Gasteiger partial charge in [-0.1, -0.05) is 30.9 Å². The first-order valence-electron chi connectivity index (χ1n) is 6.99. The largest absolute Gasteiger partial charge is 0.508 e. The summed E-state index contributed by atoms with van der Waals surface area (Å²) in [5.74, 6) is 0.309. The Morgan fingerprint density at radius 3 is 2.65 bits per heavy atom. The van der Waals surface area contributed by atoms with Crippen LogP contribution in [0.25, 0.3) is 0 Å². The van der Waals surface area contributed by atoms with Crippen molar-refractivity contribution >= 4 is 29.1 Å². The summed E-state index contributed by atoms with van der Waals surface area (Å²) in [7, 11) is 0. The van der Waals surface area contributed by atoms with Crippen molar-refractivity contribution in [3.8, 4) is 5.75 Å². The second-order valence-electron chi connectivity index (χ2n) is 5.14. The number of aromatic hydroxyl groups is 1. The van der Waals surface area contributed by atoms with Crippen molar-refractivity contribution in [2.24, 2.45) is 0 Å². The average Bonchev–Trinajstić information content (AvgIpc) is 2.47. The molecule has 1 aliphatic carbocycles. The molecule has 110 valence electrons. The molecule has 0 radical (unpaired) electrons. The van der Waals surface area contributed by atoms with Crippen molar-refractivity contribution in [3.05, 3.63) is 28.8 Å². The Labute approximate surface area is 129 Å². The molecule has 0 saturated heterocycles. The lowest BCUT2D eigenvalue weighted by Crippen LogP contribution is -2.42. The normalized spacial score (nSPS) is 16.1. The number of hydrogen-bond donors (Lipinski definition) is 1. The highest BCUT2D eigenvalue weighted by Gasteiger charge is 2.27. The van der Waals surface area contributed by atoms with E-state index in [1.165, 1.54) is 18.6 Å². The molecule has 0 aromatic heterocycles. The predicted octanol–water partition coefficient (Wildman–Crippen LogP) is 4.06. The third-order valence-corrected chi connectivity index (χ3v) is 4.28. The monoisotopic (exact) mass is 315 g/mol. The highest BCUT2D eigenvalue weighted by atomic mass is 35.5. The van der Waals surface area contributed by atoms with Crippen LogP contribution in [0.4, 0.5) is 0 Å². The van der Waals surface area contributed by atoms with Crippen molar-refractivity contribution in [1.82, 2.24) is 4.90 Å². The molecule has 2 rings (SSSR count). The number of amides is 1. The molecule has 1 aromatic carbocycles. The maximum atomic E-state index is 12.7. The lowest BCUT2D eigenvalue weighted by molar-refractivity contribution is 0.0649. The van der Waals surface area contributed by atoms with Crippen molar-refractivity contribution in [2.45, 2.75) is 38.1 Å². The number of halogens is 2. The van der Waals surface area contributed by atoms with Gasteiger partial charge in [0.25, 0.3) is 5.91 Å². The van der Waals surface area contributed by atoms with Gasteiger partial charge < -0.3 is 10.0 Å². The van der Waals surface area contributed by atoms with Gasteiger partial charge in [-0.2, -0.15) is 0 Å². The molecule has 1 amide bonds. The Morgan fingerprint density at radius 1 is 1.30 bits per heavy atom. The van der Waals surface area contributed by atoms with Gasteiger partial charge in [0.2, 0.25) is 0 Å². The third kappa shape index (κ3) is 3.58. The summed E-state index contributed by atoms with van der Waals surface area (Å²) in [5.41, 5.74) is 0.349. The smallest absolute Gasteiger partial charge is 0.255 e. The van der Waals surface area contributed by atoms with Crippen LogP contribution < -0.4 is 0 Å². The Kier molecular flexibility index (Phi) is 5.55. The van der Waals surface area contributed by atoms with Gasteiger partial charge in [0.15, 0.2) is 0 Å². The second-order valence-corrected chi connectivity index (χ2v) is 5.93.